The highest BCUT2D eigenvalue weighted by Crippen LogP contribution is 2.35. The van der Waals surface area contributed by atoms with Crippen molar-refractivity contribution < 1.29 is 23.8 Å². The zero-order chi connectivity index (χ0) is 17.3. The largest absolute Gasteiger partial charge is 0.475 e. The van der Waals surface area contributed by atoms with Crippen LogP contribution < -0.4 is 5.63 Å². The van der Waals surface area contributed by atoms with Crippen LogP contribution in [-0.2, 0) is 4.74 Å². The van der Waals surface area contributed by atoms with Gasteiger partial charge in [0.15, 0.2) is 0 Å². The van der Waals surface area contributed by atoms with Crippen molar-refractivity contribution in [1.29, 1.82) is 0 Å². The van der Waals surface area contributed by atoms with Gasteiger partial charge in [-0.15, -0.1) is 11.3 Å². The van der Waals surface area contributed by atoms with E-state index in [9.17, 15) is 19.5 Å². The van der Waals surface area contributed by atoms with E-state index < -0.39 is 23.3 Å². The summed E-state index contributed by atoms with van der Waals surface area (Å²) in [5, 5.41) is 10.1. The monoisotopic (exact) mass is 344 g/mol. The molecule has 24 heavy (non-hydrogen) atoms. The molecule has 7 heteroatoms. The number of ether oxygens (including phenoxy) is 1. The number of hydrogen-bond acceptors (Lipinski definition) is 6. The molecule has 6 nitrogen and oxygen atoms in total. The van der Waals surface area contributed by atoms with E-state index in [4.69, 9.17) is 9.15 Å². The number of esters is 1. The first kappa shape index (κ1) is 15.9. The third kappa shape index (κ3) is 2.69. The Balaban J connectivity index is 2.27. The number of rotatable bonds is 4. The van der Waals surface area contributed by atoms with Crippen molar-refractivity contribution in [3.05, 3.63) is 57.5 Å². The van der Waals surface area contributed by atoms with Gasteiger partial charge < -0.3 is 14.3 Å². The van der Waals surface area contributed by atoms with Gasteiger partial charge in [0, 0.05) is 10.3 Å². The number of thiophene rings is 1. The summed E-state index contributed by atoms with van der Waals surface area (Å²) in [6.07, 6.45) is 0. The minimum absolute atomic E-state index is 0.246. The van der Waals surface area contributed by atoms with Gasteiger partial charge >= 0.3 is 17.6 Å². The summed E-state index contributed by atoms with van der Waals surface area (Å²) in [5.74, 6) is -2.28. The summed E-state index contributed by atoms with van der Waals surface area (Å²) in [6.45, 7) is 1.95. The maximum Gasteiger partial charge on any atom is 0.372 e. The number of carboxylic acid groups (broad SMARTS) is 1. The van der Waals surface area contributed by atoms with Gasteiger partial charge in [-0.25, -0.2) is 14.4 Å². The fourth-order valence-corrected chi connectivity index (χ4v) is 3.34. The number of aromatic carboxylic acids is 1. The molecule has 0 spiro atoms. The predicted octanol–water partition coefficient (Wildman–Crippen LogP) is 3.40. The van der Waals surface area contributed by atoms with Crippen molar-refractivity contribution in [2.75, 3.05) is 6.61 Å². The number of fused-ring (bicyclic) bond motifs is 1. The van der Waals surface area contributed by atoms with Crippen LogP contribution in [0.4, 0.5) is 0 Å². The Bertz CT molecular complexity index is 998. The zero-order valence-corrected chi connectivity index (χ0v) is 13.4. The highest BCUT2D eigenvalue weighted by molar-refractivity contribution is 7.17. The Hall–Kier alpha value is -2.93. The molecule has 0 bridgehead atoms. The Morgan fingerprint density at radius 3 is 2.54 bits per heavy atom. The van der Waals surface area contributed by atoms with E-state index in [0.717, 1.165) is 11.3 Å². The molecular formula is C17H12O6S. The standard InChI is InChI=1S/C17H12O6S/c1-2-22-17(21)12-8-7-11(24-12)13-9-5-3-4-6-10(9)16(20)23-14(13)15(18)19/h3-8H,2H2,1H3,(H,18,19). The highest BCUT2D eigenvalue weighted by Gasteiger charge is 2.22. The molecular weight excluding hydrogens is 332 g/mol. The lowest BCUT2D eigenvalue weighted by Gasteiger charge is -2.07. The van der Waals surface area contributed by atoms with Crippen LogP contribution in [-0.4, -0.2) is 23.7 Å². The summed E-state index contributed by atoms with van der Waals surface area (Å²) in [4.78, 5) is 36.2. The molecule has 0 atom stereocenters. The predicted molar refractivity (Wildman–Crippen MR) is 88.7 cm³/mol. The van der Waals surface area contributed by atoms with Crippen molar-refractivity contribution >= 4 is 34.0 Å². The van der Waals surface area contributed by atoms with Crippen molar-refractivity contribution in [1.82, 2.24) is 0 Å². The molecule has 2 aromatic heterocycles. The maximum atomic E-state index is 12.0. The van der Waals surface area contributed by atoms with Crippen LogP contribution in [0, 0.1) is 0 Å². The van der Waals surface area contributed by atoms with Crippen LogP contribution in [0.2, 0.25) is 0 Å². The Morgan fingerprint density at radius 1 is 1.17 bits per heavy atom. The van der Waals surface area contributed by atoms with E-state index in [-0.39, 0.29) is 17.6 Å². The molecule has 3 aromatic rings. The molecule has 0 unspecified atom stereocenters. The van der Waals surface area contributed by atoms with E-state index in [1.54, 1.807) is 43.3 Å². The lowest BCUT2D eigenvalue weighted by atomic mass is 10.0. The Kier molecular flexibility index (Phi) is 4.18. The van der Waals surface area contributed by atoms with E-state index in [1.165, 1.54) is 0 Å². The second kappa shape index (κ2) is 6.29. The molecule has 0 amide bonds. The van der Waals surface area contributed by atoms with Crippen molar-refractivity contribution in [3.8, 4) is 10.4 Å². The Labute approximate surface area is 139 Å². The summed E-state index contributed by atoms with van der Waals surface area (Å²) >= 11 is 1.09. The van der Waals surface area contributed by atoms with Crippen LogP contribution in [0.1, 0.15) is 27.2 Å². The lowest BCUT2D eigenvalue weighted by molar-refractivity contribution is 0.0531. The number of hydrogen-bond donors (Lipinski definition) is 1. The molecule has 0 saturated heterocycles. The third-order valence-corrected chi connectivity index (χ3v) is 4.44. The molecule has 0 fully saturated rings. The molecule has 122 valence electrons. The lowest BCUT2D eigenvalue weighted by Crippen LogP contribution is -2.08. The van der Waals surface area contributed by atoms with Crippen LogP contribution in [0.25, 0.3) is 21.2 Å². The quantitative estimate of drug-likeness (QED) is 0.729. The number of benzene rings is 1. The smallest absolute Gasteiger partial charge is 0.372 e. The first-order valence-corrected chi connectivity index (χ1v) is 7.91. The van der Waals surface area contributed by atoms with Gasteiger partial charge in [-0.05, 0) is 25.1 Å². The van der Waals surface area contributed by atoms with E-state index in [2.05, 4.69) is 0 Å². The van der Waals surface area contributed by atoms with Crippen molar-refractivity contribution in [2.45, 2.75) is 6.92 Å². The van der Waals surface area contributed by atoms with Gasteiger partial charge in [0.2, 0.25) is 5.76 Å². The fraction of sp³-hybridized carbons (Fsp3) is 0.118. The zero-order valence-electron chi connectivity index (χ0n) is 12.6. The highest BCUT2D eigenvalue weighted by atomic mass is 32.1. The second-order valence-corrected chi connectivity index (χ2v) is 5.91. The van der Waals surface area contributed by atoms with Gasteiger partial charge in [0.05, 0.1) is 17.6 Å². The summed E-state index contributed by atoms with van der Waals surface area (Å²) in [6, 6.07) is 9.77. The van der Waals surface area contributed by atoms with Crippen LogP contribution in [0.3, 0.4) is 0 Å². The minimum atomic E-state index is -1.35. The number of carbonyl (C=O) groups excluding carboxylic acids is 1. The second-order valence-electron chi connectivity index (χ2n) is 4.83. The van der Waals surface area contributed by atoms with Crippen LogP contribution in [0.5, 0.6) is 0 Å². The summed E-state index contributed by atoms with van der Waals surface area (Å²) in [5.41, 5.74) is -0.438. The van der Waals surface area contributed by atoms with Crippen LogP contribution >= 0.6 is 11.3 Å². The third-order valence-electron chi connectivity index (χ3n) is 3.36. The van der Waals surface area contributed by atoms with E-state index in [0.29, 0.717) is 15.1 Å². The molecule has 0 saturated carbocycles. The molecule has 1 N–H and O–H groups in total. The molecule has 0 aliphatic carbocycles. The van der Waals surface area contributed by atoms with Crippen molar-refractivity contribution in [3.63, 3.8) is 0 Å². The fourth-order valence-electron chi connectivity index (χ4n) is 2.38. The van der Waals surface area contributed by atoms with E-state index >= 15 is 0 Å². The summed E-state index contributed by atoms with van der Waals surface area (Å²) in [7, 11) is 0. The number of carboxylic acids is 1. The molecule has 1 aromatic carbocycles. The van der Waals surface area contributed by atoms with Crippen LogP contribution in [0.15, 0.2) is 45.6 Å². The minimum Gasteiger partial charge on any atom is -0.475 e. The van der Waals surface area contributed by atoms with Crippen molar-refractivity contribution in [2.24, 2.45) is 0 Å². The van der Waals surface area contributed by atoms with Gasteiger partial charge in [-0.1, -0.05) is 18.2 Å². The molecule has 0 radical (unpaired) electrons. The topological polar surface area (TPSA) is 93.8 Å². The summed E-state index contributed by atoms with van der Waals surface area (Å²) < 4.78 is 9.93. The first-order chi connectivity index (χ1) is 11.5. The normalized spacial score (nSPS) is 10.7. The van der Waals surface area contributed by atoms with Gasteiger partial charge in [-0.3, -0.25) is 0 Å². The molecule has 0 aliphatic rings. The Morgan fingerprint density at radius 2 is 1.88 bits per heavy atom. The molecule has 0 aliphatic heterocycles. The first-order valence-electron chi connectivity index (χ1n) is 7.09. The van der Waals surface area contributed by atoms with Gasteiger partial charge in [0.1, 0.15) is 4.88 Å². The SMILES string of the molecule is CCOC(=O)c1ccc(-c2c(C(=O)O)oc(=O)c3ccccc23)s1. The van der Waals surface area contributed by atoms with Gasteiger partial charge in [-0.2, -0.15) is 0 Å². The van der Waals surface area contributed by atoms with E-state index in [1.807, 2.05) is 0 Å². The van der Waals surface area contributed by atoms with Gasteiger partial charge in [0.25, 0.3) is 0 Å². The molecule has 2 heterocycles. The maximum absolute atomic E-state index is 12.0. The molecule has 3 rings (SSSR count). The average molecular weight is 344 g/mol. The average Bonchev–Trinajstić information content (AvgIpc) is 3.04. The number of carbonyl (C=O) groups is 2.